The van der Waals surface area contributed by atoms with Crippen molar-refractivity contribution in [2.24, 2.45) is 0 Å². The van der Waals surface area contributed by atoms with Crippen molar-refractivity contribution in [3.8, 4) is 0 Å². The molecule has 106 valence electrons. The minimum Gasteiger partial charge on any atom is -0.398 e. The second-order valence-electron chi connectivity index (χ2n) is 4.73. The van der Waals surface area contributed by atoms with Crippen LogP contribution in [0.5, 0.6) is 0 Å². The molecule has 1 aromatic carbocycles. The van der Waals surface area contributed by atoms with Crippen LogP contribution < -0.4 is 10.5 Å². The van der Waals surface area contributed by atoms with E-state index < -0.39 is 10.0 Å². The van der Waals surface area contributed by atoms with Crippen LogP contribution in [0, 0.1) is 6.92 Å². The first-order valence-electron chi connectivity index (χ1n) is 6.01. The largest absolute Gasteiger partial charge is 0.398 e. The molecule has 2 unspecified atom stereocenters. The van der Waals surface area contributed by atoms with E-state index in [0.29, 0.717) is 18.7 Å². The summed E-state index contributed by atoms with van der Waals surface area (Å²) in [6.07, 6.45) is 0.510. The minimum absolute atomic E-state index is 0.0105. The smallest absolute Gasteiger partial charge is 0.242 e. The first-order chi connectivity index (χ1) is 8.81. The third kappa shape index (κ3) is 3.02. The van der Waals surface area contributed by atoms with Gasteiger partial charge in [-0.3, -0.25) is 0 Å². The molecule has 0 amide bonds. The maximum atomic E-state index is 12.3. The predicted octanol–water partition coefficient (Wildman–Crippen LogP) is 1.69. The zero-order valence-electron chi connectivity index (χ0n) is 10.8. The van der Waals surface area contributed by atoms with E-state index in [2.05, 4.69) is 4.72 Å². The summed E-state index contributed by atoms with van der Waals surface area (Å²) in [6.45, 7) is 4.17. The van der Waals surface area contributed by atoms with E-state index in [4.69, 9.17) is 22.1 Å². The summed E-state index contributed by atoms with van der Waals surface area (Å²) in [6, 6.07) is 2.71. The summed E-state index contributed by atoms with van der Waals surface area (Å²) in [7, 11) is -3.69. The highest BCUT2D eigenvalue weighted by Crippen LogP contribution is 2.27. The lowest BCUT2D eigenvalue weighted by molar-refractivity contribution is 0.117. The zero-order chi connectivity index (χ0) is 14.2. The third-order valence-corrected chi connectivity index (χ3v) is 5.25. The quantitative estimate of drug-likeness (QED) is 0.833. The number of aryl methyl sites for hydroxylation is 1. The molecular formula is C12H17ClN2O3S. The van der Waals surface area contributed by atoms with Crippen molar-refractivity contribution in [2.75, 3.05) is 12.3 Å². The molecule has 0 saturated carbocycles. The van der Waals surface area contributed by atoms with Crippen LogP contribution in [0.3, 0.4) is 0 Å². The topological polar surface area (TPSA) is 81.4 Å². The van der Waals surface area contributed by atoms with Gasteiger partial charge in [0.1, 0.15) is 4.90 Å². The van der Waals surface area contributed by atoms with E-state index in [9.17, 15) is 8.42 Å². The fourth-order valence-electron chi connectivity index (χ4n) is 2.02. The normalized spacial score (nSPS) is 23.7. The van der Waals surface area contributed by atoms with Crippen LogP contribution in [0.2, 0.25) is 5.02 Å². The zero-order valence-corrected chi connectivity index (χ0v) is 12.4. The molecule has 2 rings (SSSR count). The summed E-state index contributed by atoms with van der Waals surface area (Å²) in [5, 5.41) is 0.172. The molecule has 0 radical (unpaired) electrons. The van der Waals surface area contributed by atoms with Crippen LogP contribution >= 0.6 is 11.6 Å². The average molecular weight is 305 g/mol. The van der Waals surface area contributed by atoms with Gasteiger partial charge in [0, 0.05) is 12.3 Å². The molecule has 1 aliphatic rings. The Bertz CT molecular complexity index is 589. The third-order valence-electron chi connectivity index (χ3n) is 3.29. The van der Waals surface area contributed by atoms with Crippen LogP contribution in [0.15, 0.2) is 17.0 Å². The fraction of sp³-hybridized carbons (Fsp3) is 0.500. The molecule has 3 N–H and O–H groups in total. The Labute approximate surface area is 118 Å². The Morgan fingerprint density at radius 1 is 1.47 bits per heavy atom. The van der Waals surface area contributed by atoms with Crippen LogP contribution in [0.25, 0.3) is 0 Å². The maximum absolute atomic E-state index is 12.3. The van der Waals surface area contributed by atoms with Gasteiger partial charge in [0.25, 0.3) is 0 Å². The number of nitrogens with two attached hydrogens (primary N) is 1. The number of ether oxygens (including phenoxy) is 1. The summed E-state index contributed by atoms with van der Waals surface area (Å²) < 4.78 is 32.6. The Morgan fingerprint density at radius 2 is 2.16 bits per heavy atom. The Balaban J connectivity index is 2.32. The van der Waals surface area contributed by atoms with Gasteiger partial charge in [0.05, 0.1) is 17.2 Å². The van der Waals surface area contributed by atoms with E-state index in [-0.39, 0.29) is 22.1 Å². The predicted molar refractivity (Wildman–Crippen MR) is 74.7 cm³/mol. The molecule has 19 heavy (non-hydrogen) atoms. The number of sulfonamides is 1. The summed E-state index contributed by atoms with van der Waals surface area (Å²) in [5.74, 6) is 0. The van der Waals surface area contributed by atoms with E-state index in [1.165, 1.54) is 6.07 Å². The molecule has 7 heteroatoms. The number of nitrogen functional groups attached to an aromatic ring is 1. The monoisotopic (exact) mass is 304 g/mol. The standard InChI is InChI=1S/C12H17ClN2O3S/c1-7-5-9(13)12(6-10(7)14)19(16,17)15-11-3-4-18-8(11)2/h5-6,8,11,15H,3-4,14H2,1-2H3. The second kappa shape index (κ2) is 5.28. The van der Waals surface area contributed by atoms with E-state index in [1.807, 2.05) is 6.92 Å². The minimum atomic E-state index is -3.69. The number of anilines is 1. The second-order valence-corrected chi connectivity index (χ2v) is 6.82. The molecule has 0 aliphatic carbocycles. The highest BCUT2D eigenvalue weighted by molar-refractivity contribution is 7.89. The lowest BCUT2D eigenvalue weighted by Crippen LogP contribution is -2.39. The molecule has 2 atom stereocenters. The van der Waals surface area contributed by atoms with Crippen LogP contribution in [-0.4, -0.2) is 27.2 Å². The molecule has 1 fully saturated rings. The average Bonchev–Trinajstić information content (AvgIpc) is 2.69. The fourth-order valence-corrected chi connectivity index (χ4v) is 3.98. The van der Waals surface area contributed by atoms with Gasteiger partial charge < -0.3 is 10.5 Å². The Kier molecular flexibility index (Phi) is 4.06. The molecule has 0 aromatic heterocycles. The van der Waals surface area contributed by atoms with Crippen molar-refractivity contribution < 1.29 is 13.2 Å². The van der Waals surface area contributed by atoms with Crippen molar-refractivity contribution in [1.29, 1.82) is 0 Å². The number of hydrogen-bond donors (Lipinski definition) is 2. The number of rotatable bonds is 3. The Hall–Kier alpha value is -0.820. The molecule has 1 aromatic rings. The van der Waals surface area contributed by atoms with Gasteiger partial charge in [-0.1, -0.05) is 11.6 Å². The van der Waals surface area contributed by atoms with Crippen molar-refractivity contribution >= 4 is 27.3 Å². The summed E-state index contributed by atoms with van der Waals surface area (Å²) in [4.78, 5) is 0.0105. The van der Waals surface area contributed by atoms with Gasteiger partial charge in [-0.15, -0.1) is 0 Å². The highest BCUT2D eigenvalue weighted by atomic mass is 35.5. The van der Waals surface area contributed by atoms with Crippen molar-refractivity contribution in [3.05, 3.63) is 22.7 Å². The first kappa shape index (κ1) is 14.6. The molecule has 1 saturated heterocycles. The van der Waals surface area contributed by atoms with Crippen LogP contribution in [-0.2, 0) is 14.8 Å². The van der Waals surface area contributed by atoms with E-state index in [1.54, 1.807) is 13.0 Å². The first-order valence-corrected chi connectivity index (χ1v) is 7.87. The van der Waals surface area contributed by atoms with Gasteiger partial charge >= 0.3 is 0 Å². The van der Waals surface area contributed by atoms with Gasteiger partial charge in [0.2, 0.25) is 10.0 Å². The summed E-state index contributed by atoms with van der Waals surface area (Å²) >= 11 is 6.00. The lowest BCUT2D eigenvalue weighted by atomic mass is 10.2. The summed E-state index contributed by atoms with van der Waals surface area (Å²) in [5.41, 5.74) is 6.90. The maximum Gasteiger partial charge on any atom is 0.242 e. The van der Waals surface area contributed by atoms with E-state index >= 15 is 0 Å². The molecular weight excluding hydrogens is 288 g/mol. The molecule has 1 heterocycles. The van der Waals surface area contributed by atoms with Gasteiger partial charge in [-0.25, -0.2) is 13.1 Å². The number of nitrogens with one attached hydrogen (secondary N) is 1. The van der Waals surface area contributed by atoms with Gasteiger partial charge in [-0.2, -0.15) is 0 Å². The Morgan fingerprint density at radius 3 is 2.74 bits per heavy atom. The molecule has 0 spiro atoms. The number of benzene rings is 1. The number of hydrogen-bond acceptors (Lipinski definition) is 4. The van der Waals surface area contributed by atoms with Crippen LogP contribution in [0.4, 0.5) is 5.69 Å². The van der Waals surface area contributed by atoms with Gasteiger partial charge in [-0.05, 0) is 38.0 Å². The molecule has 5 nitrogen and oxygen atoms in total. The SMILES string of the molecule is Cc1cc(Cl)c(S(=O)(=O)NC2CCOC2C)cc1N. The van der Waals surface area contributed by atoms with Crippen molar-refractivity contribution in [1.82, 2.24) is 4.72 Å². The number of halogens is 1. The van der Waals surface area contributed by atoms with Crippen molar-refractivity contribution in [2.45, 2.75) is 37.3 Å². The molecule has 0 bridgehead atoms. The van der Waals surface area contributed by atoms with Crippen LogP contribution in [0.1, 0.15) is 18.9 Å². The molecule has 1 aliphatic heterocycles. The van der Waals surface area contributed by atoms with Crippen molar-refractivity contribution in [3.63, 3.8) is 0 Å². The highest BCUT2D eigenvalue weighted by Gasteiger charge is 2.30. The van der Waals surface area contributed by atoms with E-state index in [0.717, 1.165) is 5.56 Å². The lowest BCUT2D eigenvalue weighted by Gasteiger charge is -2.17. The van der Waals surface area contributed by atoms with Gasteiger partial charge in [0.15, 0.2) is 0 Å².